The predicted molar refractivity (Wildman–Crippen MR) is 135 cm³/mol. The molecule has 0 bridgehead atoms. The number of hydrogen-bond acceptors (Lipinski definition) is 6. The van der Waals surface area contributed by atoms with Crippen LogP contribution in [0.3, 0.4) is 0 Å². The molecule has 2 aromatic heterocycles. The highest BCUT2D eigenvalue weighted by molar-refractivity contribution is 5.98. The Hall–Kier alpha value is -3.04. The number of morpholine rings is 1. The second kappa shape index (κ2) is 9.44. The number of rotatable bonds is 5. The minimum absolute atomic E-state index is 0.00736. The van der Waals surface area contributed by atoms with Gasteiger partial charge in [0.1, 0.15) is 5.82 Å². The van der Waals surface area contributed by atoms with E-state index in [0.717, 1.165) is 88.3 Å². The number of fused-ring (bicyclic) bond motifs is 1. The van der Waals surface area contributed by atoms with E-state index < -0.39 is 5.97 Å². The lowest BCUT2D eigenvalue weighted by atomic mass is 9.82. The minimum Gasteiger partial charge on any atom is -0.477 e. The van der Waals surface area contributed by atoms with Gasteiger partial charge in [0.15, 0.2) is 11.3 Å². The molecule has 190 valence electrons. The molecular formula is C27H32FN5O3. The Morgan fingerprint density at radius 3 is 2.47 bits per heavy atom. The van der Waals surface area contributed by atoms with Crippen LogP contribution in [0.4, 0.5) is 10.1 Å². The number of halogens is 1. The van der Waals surface area contributed by atoms with Gasteiger partial charge in [-0.1, -0.05) is 6.42 Å². The average molecular weight is 494 g/mol. The number of hydrogen-bond donors (Lipinski definition) is 1. The Kier molecular flexibility index (Phi) is 6.13. The molecule has 2 saturated heterocycles. The van der Waals surface area contributed by atoms with Crippen molar-refractivity contribution in [3.05, 3.63) is 47.0 Å². The van der Waals surface area contributed by atoms with Gasteiger partial charge in [0.2, 0.25) is 0 Å². The van der Waals surface area contributed by atoms with Crippen molar-refractivity contribution in [1.82, 2.24) is 19.7 Å². The maximum Gasteiger partial charge on any atom is 0.354 e. The number of anilines is 1. The van der Waals surface area contributed by atoms with Crippen molar-refractivity contribution in [2.75, 3.05) is 44.3 Å². The van der Waals surface area contributed by atoms with Crippen molar-refractivity contribution in [1.29, 1.82) is 0 Å². The van der Waals surface area contributed by atoms with Gasteiger partial charge >= 0.3 is 5.97 Å². The molecule has 0 spiro atoms. The van der Waals surface area contributed by atoms with E-state index in [1.54, 1.807) is 29.8 Å². The molecule has 0 amide bonds. The molecule has 1 N–H and O–H groups in total. The fourth-order valence-corrected chi connectivity index (χ4v) is 5.80. The normalized spacial score (nSPS) is 20.1. The highest BCUT2D eigenvalue weighted by Crippen LogP contribution is 2.43. The Labute approximate surface area is 209 Å². The van der Waals surface area contributed by atoms with E-state index in [1.165, 1.54) is 6.07 Å². The largest absolute Gasteiger partial charge is 0.477 e. The SMILES string of the molecule is Cc1cc(-n2nc(C3CCC3)c3c(N4CCC(N5CCOCC5)CC4)cc(C(=O)O)nc32)ccc1F. The molecule has 9 heteroatoms. The quantitative estimate of drug-likeness (QED) is 0.572. The second-order valence-corrected chi connectivity index (χ2v) is 10.3. The highest BCUT2D eigenvalue weighted by atomic mass is 19.1. The summed E-state index contributed by atoms with van der Waals surface area (Å²) < 4.78 is 21.3. The molecule has 0 unspecified atom stereocenters. The topological polar surface area (TPSA) is 83.7 Å². The number of carboxylic acids is 1. The Morgan fingerprint density at radius 2 is 1.83 bits per heavy atom. The van der Waals surface area contributed by atoms with Gasteiger partial charge in [-0.25, -0.2) is 18.9 Å². The lowest BCUT2D eigenvalue weighted by Gasteiger charge is -2.41. The van der Waals surface area contributed by atoms with Crippen molar-refractivity contribution < 1.29 is 19.0 Å². The fourth-order valence-electron chi connectivity index (χ4n) is 5.80. The smallest absolute Gasteiger partial charge is 0.354 e. The summed E-state index contributed by atoms with van der Waals surface area (Å²) in [5.41, 5.74) is 3.64. The molecule has 36 heavy (non-hydrogen) atoms. The second-order valence-electron chi connectivity index (χ2n) is 10.3. The molecule has 3 aromatic rings. The molecule has 1 aromatic carbocycles. The summed E-state index contributed by atoms with van der Waals surface area (Å²) in [6.07, 6.45) is 5.34. The fraction of sp³-hybridized carbons (Fsp3) is 0.519. The van der Waals surface area contributed by atoms with Crippen LogP contribution in [-0.2, 0) is 4.74 Å². The molecular weight excluding hydrogens is 461 g/mol. The summed E-state index contributed by atoms with van der Waals surface area (Å²) in [7, 11) is 0. The molecule has 2 aliphatic heterocycles. The third-order valence-corrected chi connectivity index (χ3v) is 8.11. The van der Waals surface area contributed by atoms with Gasteiger partial charge < -0.3 is 14.7 Å². The number of aryl methyl sites for hydroxylation is 1. The number of carbonyl (C=O) groups is 1. The number of aromatic nitrogens is 3. The van der Waals surface area contributed by atoms with Crippen LogP contribution in [0.25, 0.3) is 16.7 Å². The number of aromatic carboxylic acids is 1. The van der Waals surface area contributed by atoms with Gasteiger partial charge in [0.05, 0.1) is 35.7 Å². The predicted octanol–water partition coefficient (Wildman–Crippen LogP) is 4.13. The van der Waals surface area contributed by atoms with Crippen LogP contribution >= 0.6 is 0 Å². The van der Waals surface area contributed by atoms with E-state index in [9.17, 15) is 14.3 Å². The lowest BCUT2D eigenvalue weighted by molar-refractivity contribution is 0.0115. The molecule has 8 nitrogen and oxygen atoms in total. The zero-order valence-corrected chi connectivity index (χ0v) is 20.6. The van der Waals surface area contributed by atoms with Gasteiger partial charge in [0, 0.05) is 38.1 Å². The third kappa shape index (κ3) is 4.14. The summed E-state index contributed by atoms with van der Waals surface area (Å²) >= 11 is 0. The Balaban J connectivity index is 1.43. The van der Waals surface area contributed by atoms with E-state index in [-0.39, 0.29) is 11.5 Å². The van der Waals surface area contributed by atoms with E-state index >= 15 is 0 Å². The Bertz CT molecular complexity index is 1290. The maximum atomic E-state index is 14.0. The van der Waals surface area contributed by atoms with Crippen LogP contribution < -0.4 is 4.90 Å². The Morgan fingerprint density at radius 1 is 1.08 bits per heavy atom. The first-order valence-corrected chi connectivity index (χ1v) is 13.0. The average Bonchev–Trinajstić information content (AvgIpc) is 3.24. The first kappa shape index (κ1) is 23.4. The molecule has 0 atom stereocenters. The number of nitrogens with zero attached hydrogens (tertiary/aromatic N) is 5. The van der Waals surface area contributed by atoms with Crippen molar-refractivity contribution in [2.24, 2.45) is 0 Å². The first-order chi connectivity index (χ1) is 17.5. The molecule has 6 rings (SSSR count). The maximum absolute atomic E-state index is 14.0. The van der Waals surface area contributed by atoms with Crippen molar-refractivity contribution in [3.63, 3.8) is 0 Å². The van der Waals surface area contributed by atoms with Gasteiger partial charge in [-0.3, -0.25) is 4.90 Å². The summed E-state index contributed by atoms with van der Waals surface area (Å²) in [4.78, 5) is 21.5. The van der Waals surface area contributed by atoms with E-state index in [4.69, 9.17) is 9.84 Å². The standard InChI is InChI=1S/C27H32FN5O3/c1-17-15-20(5-6-21(17)28)33-26-24(25(30-33)18-3-2-4-18)23(16-22(29-26)27(34)35)32-9-7-19(8-10-32)31-11-13-36-14-12-31/h5-6,15-16,18-19H,2-4,7-14H2,1H3,(H,34,35). The number of ether oxygens (including phenoxy) is 1. The number of benzene rings is 1. The van der Waals surface area contributed by atoms with Crippen LogP contribution in [0.2, 0.25) is 0 Å². The van der Waals surface area contributed by atoms with Gasteiger partial charge in [0.25, 0.3) is 0 Å². The van der Waals surface area contributed by atoms with Crippen LogP contribution in [0.15, 0.2) is 24.3 Å². The van der Waals surface area contributed by atoms with Crippen molar-refractivity contribution >= 4 is 22.7 Å². The van der Waals surface area contributed by atoms with Gasteiger partial charge in [-0.2, -0.15) is 5.10 Å². The summed E-state index contributed by atoms with van der Waals surface area (Å²) in [5, 5.41) is 15.8. The van der Waals surface area contributed by atoms with Crippen LogP contribution in [0.5, 0.6) is 0 Å². The van der Waals surface area contributed by atoms with Gasteiger partial charge in [-0.15, -0.1) is 0 Å². The van der Waals surface area contributed by atoms with Gasteiger partial charge in [-0.05, 0) is 62.4 Å². The van der Waals surface area contributed by atoms with Crippen molar-refractivity contribution in [2.45, 2.75) is 51.0 Å². The summed E-state index contributed by atoms with van der Waals surface area (Å²) in [6.45, 7) is 6.96. The first-order valence-electron chi connectivity index (χ1n) is 13.0. The van der Waals surface area contributed by atoms with Crippen LogP contribution in [0, 0.1) is 12.7 Å². The van der Waals surface area contributed by atoms with Crippen molar-refractivity contribution in [3.8, 4) is 5.69 Å². The number of pyridine rings is 1. The molecule has 4 heterocycles. The monoisotopic (exact) mass is 493 g/mol. The number of carboxylic acid groups (broad SMARTS) is 1. The molecule has 0 radical (unpaired) electrons. The summed E-state index contributed by atoms with van der Waals surface area (Å²) in [6, 6.07) is 7.11. The zero-order chi connectivity index (χ0) is 24.8. The van der Waals surface area contributed by atoms with Crippen LogP contribution in [0.1, 0.15) is 59.8 Å². The van der Waals surface area contributed by atoms with E-state index in [2.05, 4.69) is 14.8 Å². The molecule has 1 aliphatic carbocycles. The zero-order valence-electron chi connectivity index (χ0n) is 20.6. The number of piperidine rings is 1. The van der Waals surface area contributed by atoms with E-state index in [0.29, 0.717) is 28.9 Å². The minimum atomic E-state index is -1.06. The summed E-state index contributed by atoms with van der Waals surface area (Å²) in [5.74, 6) is -1.01. The van der Waals surface area contributed by atoms with E-state index in [1.807, 2.05) is 0 Å². The molecule has 3 fully saturated rings. The molecule has 3 aliphatic rings. The van der Waals surface area contributed by atoms with Crippen LogP contribution in [-0.4, -0.2) is 76.2 Å². The lowest BCUT2D eigenvalue weighted by Crippen LogP contribution is -2.49. The highest BCUT2D eigenvalue weighted by Gasteiger charge is 2.32. The third-order valence-electron chi connectivity index (χ3n) is 8.11. The molecule has 1 saturated carbocycles.